The van der Waals surface area contributed by atoms with Crippen LogP contribution in [0.15, 0.2) is 0 Å². The van der Waals surface area contributed by atoms with Crippen LogP contribution < -0.4 is 20.8 Å². The van der Waals surface area contributed by atoms with Gasteiger partial charge in [0.25, 0.3) is 0 Å². The van der Waals surface area contributed by atoms with E-state index in [0.29, 0.717) is 26.2 Å². The van der Waals surface area contributed by atoms with Crippen molar-refractivity contribution in [3.63, 3.8) is 0 Å². The summed E-state index contributed by atoms with van der Waals surface area (Å²) in [5, 5.41) is 55.4. The Morgan fingerprint density at radius 1 is 0.636 bits per heavy atom. The lowest BCUT2D eigenvalue weighted by Crippen LogP contribution is -2.85. The molecule has 0 unspecified atom stereocenters. The second-order valence-electron chi connectivity index (χ2n) is 3.87. The molecule has 0 saturated heterocycles. The van der Waals surface area contributed by atoms with Gasteiger partial charge < -0.3 is 50.9 Å². The zero-order valence-corrected chi connectivity index (χ0v) is 12.6. The number of carboxylic acid groups (broad SMARTS) is 2. The van der Waals surface area contributed by atoms with Crippen molar-refractivity contribution >= 4 is 11.9 Å². The highest BCUT2D eigenvalue weighted by atomic mass is 16.4. The lowest BCUT2D eigenvalue weighted by atomic mass is 10.3. The Balaban J connectivity index is -0.000000247. The van der Waals surface area contributed by atoms with Gasteiger partial charge in [0.1, 0.15) is 0 Å². The van der Waals surface area contributed by atoms with E-state index in [1.54, 1.807) is 0 Å². The second-order valence-corrected chi connectivity index (χ2v) is 3.87. The summed E-state index contributed by atoms with van der Waals surface area (Å²) >= 11 is 0. The van der Waals surface area contributed by atoms with Crippen LogP contribution in [0, 0.1) is 0 Å². The highest BCUT2D eigenvalue weighted by Crippen LogP contribution is 1.81. The number of carbonyl (C=O) groups is 2. The average Bonchev–Trinajstić information content (AvgIpc) is 2.48. The molecule has 0 amide bonds. The summed E-state index contributed by atoms with van der Waals surface area (Å²) in [5.41, 5.74) is 0. The normalized spacial score (nSPS) is 9.09. The minimum atomic E-state index is -1.37. The summed E-state index contributed by atoms with van der Waals surface area (Å²) in [6, 6.07) is 0. The van der Waals surface area contributed by atoms with Gasteiger partial charge in [-0.25, -0.2) is 0 Å². The van der Waals surface area contributed by atoms with Crippen molar-refractivity contribution in [2.24, 2.45) is 0 Å². The zero-order valence-electron chi connectivity index (χ0n) is 12.6. The molecule has 8 N–H and O–H groups in total. The van der Waals surface area contributed by atoms with Gasteiger partial charge in [-0.3, -0.25) is 0 Å². The highest BCUT2D eigenvalue weighted by Gasteiger charge is 1.85. The van der Waals surface area contributed by atoms with E-state index in [4.69, 9.17) is 20.4 Å². The molecule has 0 fully saturated rings. The van der Waals surface area contributed by atoms with Crippen molar-refractivity contribution < 1.29 is 50.9 Å². The molecule has 22 heavy (non-hydrogen) atoms. The summed E-state index contributed by atoms with van der Waals surface area (Å²) in [4.78, 5) is 19.0. The van der Waals surface area contributed by atoms with Gasteiger partial charge in [0.05, 0.1) is 52.6 Å². The highest BCUT2D eigenvalue weighted by molar-refractivity contribution is 5.72. The molecule has 0 aromatic rings. The number of aliphatic hydroxyl groups excluding tert-OH is 4. The standard InChI is InChI=1S/2C4H11NO2.C4H6O4/c2*6-3-1-5-2-4-7;5-3(6)1-2-4(7)8/h2*5-7H,1-4H2;1-2H2,(H,5,6)(H,7,8). The predicted molar refractivity (Wildman–Crippen MR) is 70.9 cm³/mol. The molecular formula is C12H28N2O8. The molecule has 0 heterocycles. The first-order chi connectivity index (χ1) is 10.5. The summed E-state index contributed by atoms with van der Waals surface area (Å²) in [7, 11) is 0. The summed E-state index contributed by atoms with van der Waals surface area (Å²) in [6.07, 6.45) is -0.940. The number of rotatable bonds is 11. The number of hydrogen-bond donors (Lipinski definition) is 6. The van der Waals surface area contributed by atoms with Gasteiger partial charge in [-0.2, -0.15) is 0 Å². The molecule has 0 aliphatic heterocycles. The van der Waals surface area contributed by atoms with Gasteiger partial charge in [0.2, 0.25) is 0 Å². The van der Waals surface area contributed by atoms with Crippen LogP contribution in [0.3, 0.4) is 0 Å². The molecular weight excluding hydrogens is 300 g/mol. The van der Waals surface area contributed by atoms with Crippen molar-refractivity contribution in [1.82, 2.24) is 0 Å². The summed E-state index contributed by atoms with van der Waals surface area (Å²) in [5.74, 6) is -2.73. The van der Waals surface area contributed by atoms with E-state index in [1.165, 1.54) is 0 Å². The van der Waals surface area contributed by atoms with E-state index in [9.17, 15) is 19.8 Å². The molecule has 10 heteroatoms. The van der Waals surface area contributed by atoms with Crippen LogP contribution in [0.4, 0.5) is 0 Å². The Kier molecular flexibility index (Phi) is 28.8. The van der Waals surface area contributed by atoms with E-state index in [1.807, 2.05) is 10.6 Å². The van der Waals surface area contributed by atoms with Crippen LogP contribution in [-0.4, -0.2) is 85.0 Å². The maximum Gasteiger partial charge on any atom is 0.0991 e. The van der Waals surface area contributed by atoms with Crippen molar-refractivity contribution in [3.05, 3.63) is 0 Å². The number of nitrogens with two attached hydrogens (primary N) is 2. The van der Waals surface area contributed by atoms with Crippen LogP contribution >= 0.6 is 0 Å². The summed E-state index contributed by atoms with van der Waals surface area (Å²) < 4.78 is 0. The smallest absolute Gasteiger partial charge is 0.0991 e. The number of carbonyl (C=O) groups excluding carboxylic acids is 2. The fourth-order valence-corrected chi connectivity index (χ4v) is 0.858. The number of aliphatic hydroxyl groups is 4. The molecule has 0 aromatic carbocycles. The predicted octanol–water partition coefficient (Wildman–Crippen LogP) is -7.66. The molecule has 10 nitrogen and oxygen atoms in total. The van der Waals surface area contributed by atoms with Crippen LogP contribution in [0.5, 0.6) is 0 Å². The maximum atomic E-state index is 9.50. The Hall–Kier alpha value is -1.30. The fraction of sp³-hybridized carbons (Fsp3) is 0.833. The second kappa shape index (κ2) is 24.7. The van der Waals surface area contributed by atoms with Crippen molar-refractivity contribution in [2.75, 3.05) is 52.6 Å². The van der Waals surface area contributed by atoms with E-state index < -0.39 is 24.8 Å². The van der Waals surface area contributed by atoms with Crippen LogP contribution in [-0.2, 0) is 9.59 Å². The minimum absolute atomic E-state index is 0.194. The van der Waals surface area contributed by atoms with Crippen molar-refractivity contribution in [2.45, 2.75) is 12.8 Å². The third kappa shape index (κ3) is 42.8. The van der Waals surface area contributed by atoms with Crippen LogP contribution in [0.2, 0.25) is 0 Å². The third-order valence-corrected chi connectivity index (χ3v) is 1.87. The molecule has 0 radical (unpaired) electrons. The van der Waals surface area contributed by atoms with Crippen LogP contribution in [0.1, 0.15) is 12.8 Å². The maximum absolute atomic E-state index is 9.50. The molecule has 0 bridgehead atoms. The molecule has 0 aliphatic rings. The average molecular weight is 328 g/mol. The molecule has 0 atom stereocenters. The Bertz CT molecular complexity index is 209. The lowest BCUT2D eigenvalue weighted by molar-refractivity contribution is -0.657. The van der Waals surface area contributed by atoms with Crippen LogP contribution in [0.25, 0.3) is 0 Å². The number of carboxylic acids is 2. The monoisotopic (exact) mass is 328 g/mol. The third-order valence-electron chi connectivity index (χ3n) is 1.87. The quantitative estimate of drug-likeness (QED) is 0.201. The van der Waals surface area contributed by atoms with E-state index in [0.717, 1.165) is 0 Å². The van der Waals surface area contributed by atoms with Gasteiger partial charge >= 0.3 is 0 Å². The van der Waals surface area contributed by atoms with Crippen molar-refractivity contribution in [3.8, 4) is 0 Å². The Morgan fingerprint density at radius 2 is 0.864 bits per heavy atom. The van der Waals surface area contributed by atoms with Gasteiger partial charge in [-0.15, -0.1) is 0 Å². The van der Waals surface area contributed by atoms with Gasteiger partial charge in [0.15, 0.2) is 0 Å². The molecule has 134 valence electrons. The van der Waals surface area contributed by atoms with E-state index in [2.05, 4.69) is 0 Å². The Labute approximate surface area is 129 Å². The minimum Gasteiger partial charge on any atom is -0.550 e. The van der Waals surface area contributed by atoms with Gasteiger partial charge in [-0.1, -0.05) is 0 Å². The van der Waals surface area contributed by atoms with Crippen molar-refractivity contribution in [1.29, 1.82) is 0 Å². The van der Waals surface area contributed by atoms with Gasteiger partial charge in [-0.05, 0) is 12.8 Å². The molecule has 0 aliphatic carbocycles. The lowest BCUT2D eigenvalue weighted by Gasteiger charge is -2.00. The number of hydrogen-bond acceptors (Lipinski definition) is 8. The van der Waals surface area contributed by atoms with E-state index >= 15 is 0 Å². The molecule has 0 rings (SSSR count). The molecule has 0 spiro atoms. The molecule has 0 saturated carbocycles. The van der Waals surface area contributed by atoms with E-state index in [-0.39, 0.29) is 26.4 Å². The Morgan fingerprint density at radius 3 is 1.00 bits per heavy atom. The fourth-order valence-electron chi connectivity index (χ4n) is 0.858. The summed E-state index contributed by atoms with van der Waals surface area (Å²) in [6.45, 7) is 3.56. The number of quaternary nitrogens is 2. The first-order valence-corrected chi connectivity index (χ1v) is 6.92. The number of aliphatic carboxylic acids is 2. The zero-order chi connectivity index (χ0) is 17.6. The largest absolute Gasteiger partial charge is 0.550 e. The molecule has 0 aromatic heterocycles. The first kappa shape index (κ1) is 25.6. The topological polar surface area (TPSA) is 194 Å². The van der Waals surface area contributed by atoms with Gasteiger partial charge in [0, 0.05) is 11.9 Å². The SMILES string of the molecule is O=C([O-])CCC(=O)[O-].OCC[NH2+]CCO.OCC[NH2+]CCO. The first-order valence-electron chi connectivity index (χ1n) is 6.92.